The second-order valence-electron chi connectivity index (χ2n) is 5.43. The molecule has 1 aliphatic carbocycles. The van der Waals surface area contributed by atoms with Crippen molar-refractivity contribution in [2.24, 2.45) is 0 Å². The Kier molecular flexibility index (Phi) is 3.76. The maximum atomic E-state index is 12.3. The molecule has 20 heavy (non-hydrogen) atoms. The van der Waals surface area contributed by atoms with Crippen molar-refractivity contribution in [3.63, 3.8) is 0 Å². The average Bonchev–Trinajstić information content (AvgIpc) is 2.99. The maximum absolute atomic E-state index is 12.3. The van der Waals surface area contributed by atoms with Crippen molar-refractivity contribution in [3.8, 4) is 0 Å². The van der Waals surface area contributed by atoms with E-state index in [1.807, 2.05) is 22.2 Å². The molecule has 1 N–H and O–H groups in total. The number of hydrogen-bond acceptors (Lipinski definition) is 4. The molecule has 1 amide bonds. The van der Waals surface area contributed by atoms with Gasteiger partial charge in [-0.25, -0.2) is 4.98 Å². The zero-order chi connectivity index (χ0) is 14.1. The van der Waals surface area contributed by atoms with Crippen LogP contribution in [-0.2, 0) is 11.2 Å². The van der Waals surface area contributed by atoms with Gasteiger partial charge in [0, 0.05) is 24.8 Å². The number of carbonyl (C=O) groups excluding carboxylic acids is 1. The molecule has 0 radical (unpaired) electrons. The van der Waals surface area contributed by atoms with Crippen molar-refractivity contribution in [3.05, 3.63) is 23.5 Å². The monoisotopic (exact) mass is 293 g/mol. The molecule has 1 fully saturated rings. The Hall–Kier alpha value is -1.40. The number of imidazole rings is 1. The molecule has 108 valence electrons. The second kappa shape index (κ2) is 5.54. The van der Waals surface area contributed by atoms with Gasteiger partial charge in [-0.15, -0.1) is 11.3 Å². The normalized spacial score (nSPS) is 23.1. The van der Waals surface area contributed by atoms with Crippen molar-refractivity contribution in [1.82, 2.24) is 14.3 Å². The molecule has 1 aliphatic rings. The fourth-order valence-electron chi connectivity index (χ4n) is 2.87. The number of rotatable bonds is 3. The first-order chi connectivity index (χ1) is 9.65. The fourth-order valence-corrected chi connectivity index (χ4v) is 3.59. The summed E-state index contributed by atoms with van der Waals surface area (Å²) >= 11 is 1.56. The Labute approximate surface area is 121 Å². The molecule has 6 heteroatoms. The van der Waals surface area contributed by atoms with Crippen LogP contribution in [-0.4, -0.2) is 44.5 Å². The van der Waals surface area contributed by atoms with Gasteiger partial charge < -0.3 is 10.0 Å². The highest BCUT2D eigenvalue weighted by Crippen LogP contribution is 2.23. The highest BCUT2D eigenvalue weighted by atomic mass is 32.1. The molecule has 0 aliphatic heterocycles. The van der Waals surface area contributed by atoms with Gasteiger partial charge in [0.1, 0.15) is 0 Å². The van der Waals surface area contributed by atoms with Crippen LogP contribution >= 0.6 is 11.3 Å². The van der Waals surface area contributed by atoms with E-state index < -0.39 is 0 Å². The predicted molar refractivity (Wildman–Crippen MR) is 77.8 cm³/mol. The molecule has 2 heterocycles. The minimum absolute atomic E-state index is 0.0294. The number of nitrogens with zero attached hydrogens (tertiary/aromatic N) is 3. The molecular formula is C14H19N3O2S. The summed E-state index contributed by atoms with van der Waals surface area (Å²) in [5.74, 6) is 0.0294. The number of hydrogen-bond donors (Lipinski definition) is 1. The van der Waals surface area contributed by atoms with Gasteiger partial charge in [-0.05, 0) is 12.8 Å². The van der Waals surface area contributed by atoms with E-state index in [4.69, 9.17) is 0 Å². The second-order valence-corrected chi connectivity index (χ2v) is 6.30. The van der Waals surface area contributed by atoms with Gasteiger partial charge in [0.25, 0.3) is 0 Å². The summed E-state index contributed by atoms with van der Waals surface area (Å²) in [6, 6.07) is -0.0417. The first kappa shape index (κ1) is 13.6. The summed E-state index contributed by atoms with van der Waals surface area (Å²) < 4.78 is 1.93. The molecule has 0 saturated heterocycles. The Balaban J connectivity index is 1.67. The van der Waals surface area contributed by atoms with Crippen LogP contribution in [0.25, 0.3) is 4.96 Å². The van der Waals surface area contributed by atoms with Crippen molar-refractivity contribution >= 4 is 22.2 Å². The lowest BCUT2D eigenvalue weighted by Gasteiger charge is -2.35. The van der Waals surface area contributed by atoms with Crippen LogP contribution < -0.4 is 0 Å². The molecule has 2 atom stereocenters. The lowest BCUT2D eigenvalue weighted by Crippen LogP contribution is -2.46. The molecule has 0 bridgehead atoms. The van der Waals surface area contributed by atoms with Gasteiger partial charge in [-0.3, -0.25) is 9.20 Å². The zero-order valence-electron chi connectivity index (χ0n) is 11.5. The van der Waals surface area contributed by atoms with Crippen LogP contribution in [0.3, 0.4) is 0 Å². The van der Waals surface area contributed by atoms with Gasteiger partial charge >= 0.3 is 0 Å². The molecule has 0 spiro atoms. The molecular weight excluding hydrogens is 274 g/mol. The summed E-state index contributed by atoms with van der Waals surface area (Å²) in [6.07, 6.45) is 7.57. The van der Waals surface area contributed by atoms with Crippen LogP contribution in [0.2, 0.25) is 0 Å². The van der Waals surface area contributed by atoms with Gasteiger partial charge in [-0.1, -0.05) is 12.8 Å². The minimum Gasteiger partial charge on any atom is -0.391 e. The maximum Gasteiger partial charge on any atom is 0.228 e. The van der Waals surface area contributed by atoms with Crippen molar-refractivity contribution in [1.29, 1.82) is 0 Å². The van der Waals surface area contributed by atoms with Crippen molar-refractivity contribution in [2.45, 2.75) is 44.2 Å². The molecule has 2 aromatic rings. The molecule has 3 rings (SSSR count). The molecule has 2 unspecified atom stereocenters. The lowest BCUT2D eigenvalue weighted by molar-refractivity contribution is -0.134. The smallest absolute Gasteiger partial charge is 0.228 e. The van der Waals surface area contributed by atoms with E-state index in [-0.39, 0.29) is 18.1 Å². The third kappa shape index (κ3) is 2.58. The summed E-state index contributed by atoms with van der Waals surface area (Å²) in [6.45, 7) is 0. The first-order valence-corrected chi connectivity index (χ1v) is 7.88. The standard InChI is InChI=1S/C14H19N3O2S/c1-16(11-4-2-3-5-12(11)18)13(19)8-10-9-17-6-7-20-14(17)15-10/h6-7,9,11-12,18H,2-5,8H2,1H3. The van der Waals surface area contributed by atoms with E-state index >= 15 is 0 Å². The number of thiazole rings is 1. The van der Waals surface area contributed by atoms with Crippen LogP contribution in [0.5, 0.6) is 0 Å². The van der Waals surface area contributed by atoms with E-state index in [2.05, 4.69) is 4.98 Å². The van der Waals surface area contributed by atoms with Gasteiger partial charge in [0.05, 0.1) is 24.3 Å². The number of aliphatic hydroxyl groups excluding tert-OH is 1. The zero-order valence-corrected chi connectivity index (χ0v) is 12.3. The van der Waals surface area contributed by atoms with Crippen LogP contribution in [0.15, 0.2) is 17.8 Å². The largest absolute Gasteiger partial charge is 0.391 e. The third-order valence-corrected chi connectivity index (χ3v) is 4.83. The van der Waals surface area contributed by atoms with Crippen LogP contribution in [0.1, 0.15) is 31.4 Å². The Bertz CT molecular complexity index is 578. The van der Waals surface area contributed by atoms with Gasteiger partial charge in [0.2, 0.25) is 5.91 Å². The first-order valence-electron chi connectivity index (χ1n) is 7.00. The van der Waals surface area contributed by atoms with Gasteiger partial charge in [-0.2, -0.15) is 0 Å². The summed E-state index contributed by atoms with van der Waals surface area (Å²) in [5, 5.41) is 12.0. The molecule has 1 saturated carbocycles. The molecule has 5 nitrogen and oxygen atoms in total. The average molecular weight is 293 g/mol. The summed E-state index contributed by atoms with van der Waals surface area (Å²) in [4.78, 5) is 19.4. The van der Waals surface area contributed by atoms with Crippen LogP contribution in [0.4, 0.5) is 0 Å². The number of amides is 1. The van der Waals surface area contributed by atoms with Crippen molar-refractivity contribution in [2.75, 3.05) is 7.05 Å². The Morgan fingerprint density at radius 1 is 1.55 bits per heavy atom. The number of likely N-dealkylation sites (N-methyl/N-ethyl adjacent to an activating group) is 1. The number of carbonyl (C=O) groups is 1. The Morgan fingerprint density at radius 2 is 2.35 bits per heavy atom. The summed E-state index contributed by atoms with van der Waals surface area (Å²) in [5.41, 5.74) is 0.791. The third-order valence-electron chi connectivity index (χ3n) is 4.06. The molecule has 2 aromatic heterocycles. The lowest BCUT2D eigenvalue weighted by atomic mass is 9.91. The number of aliphatic hydroxyl groups is 1. The van der Waals surface area contributed by atoms with E-state index in [0.717, 1.165) is 36.3 Å². The van der Waals surface area contributed by atoms with E-state index in [1.54, 1.807) is 23.3 Å². The van der Waals surface area contributed by atoms with Crippen LogP contribution in [0, 0.1) is 0 Å². The SMILES string of the molecule is CN(C(=O)Cc1cn2ccsc2n1)C1CCCCC1O. The molecule has 0 aromatic carbocycles. The number of aromatic nitrogens is 2. The van der Waals surface area contributed by atoms with E-state index in [1.165, 1.54) is 0 Å². The highest BCUT2D eigenvalue weighted by molar-refractivity contribution is 7.15. The minimum atomic E-state index is -0.386. The predicted octanol–water partition coefficient (Wildman–Crippen LogP) is 1.70. The highest BCUT2D eigenvalue weighted by Gasteiger charge is 2.29. The van der Waals surface area contributed by atoms with Gasteiger partial charge in [0.15, 0.2) is 4.96 Å². The Morgan fingerprint density at radius 3 is 3.10 bits per heavy atom. The fraction of sp³-hybridized carbons (Fsp3) is 0.571. The van der Waals surface area contributed by atoms with Crippen molar-refractivity contribution < 1.29 is 9.90 Å². The topological polar surface area (TPSA) is 57.8 Å². The van der Waals surface area contributed by atoms with E-state index in [9.17, 15) is 9.90 Å². The number of fused-ring (bicyclic) bond motifs is 1. The van der Waals surface area contributed by atoms with E-state index in [0.29, 0.717) is 6.42 Å². The quantitative estimate of drug-likeness (QED) is 0.937. The summed E-state index contributed by atoms with van der Waals surface area (Å²) in [7, 11) is 1.79.